The molecule has 0 unspecified atom stereocenters. The largest absolute Gasteiger partial charge is 0.328 e. The minimum absolute atomic E-state index is 0.0169. The Balaban J connectivity index is 1.80. The number of hydrogen-bond donors (Lipinski definition) is 2. The Kier molecular flexibility index (Phi) is 3.58. The van der Waals surface area contributed by atoms with Gasteiger partial charge < -0.3 is 4.98 Å². The first-order valence-corrected chi connectivity index (χ1v) is 8.37. The predicted molar refractivity (Wildman–Crippen MR) is 80.7 cm³/mol. The van der Waals surface area contributed by atoms with E-state index in [1.165, 1.54) is 29.7 Å². The van der Waals surface area contributed by atoms with Crippen LogP contribution in [0.25, 0.3) is 10.2 Å². The third-order valence-corrected chi connectivity index (χ3v) is 5.25. The molecule has 0 fully saturated rings. The zero-order valence-corrected chi connectivity index (χ0v) is 12.4. The number of nitrogens with one attached hydrogen (secondary N) is 2. The molecule has 8 heteroatoms. The number of nitrogens with zero attached hydrogens (tertiary/aromatic N) is 1. The van der Waals surface area contributed by atoms with E-state index >= 15 is 0 Å². The maximum Gasteiger partial charge on any atom is 0.247 e. The zero-order chi connectivity index (χ0) is 14.9. The Labute approximate surface area is 124 Å². The van der Waals surface area contributed by atoms with Crippen molar-refractivity contribution in [1.29, 1.82) is 0 Å². The van der Waals surface area contributed by atoms with Gasteiger partial charge in [0, 0.05) is 12.3 Å². The van der Waals surface area contributed by atoms with Crippen molar-refractivity contribution in [3.05, 3.63) is 58.0 Å². The van der Waals surface area contributed by atoms with E-state index in [0.29, 0.717) is 5.01 Å². The number of H-pyrrole nitrogens is 1. The Morgan fingerprint density at radius 2 is 2.00 bits per heavy atom. The summed E-state index contributed by atoms with van der Waals surface area (Å²) in [5.74, 6) is 0. The Bertz CT molecular complexity index is 891. The van der Waals surface area contributed by atoms with Crippen LogP contribution in [0, 0.1) is 0 Å². The van der Waals surface area contributed by atoms with Crippen LogP contribution in [0.5, 0.6) is 0 Å². The third kappa shape index (κ3) is 3.02. The Morgan fingerprint density at radius 3 is 2.71 bits per heavy atom. The van der Waals surface area contributed by atoms with Crippen LogP contribution in [0.1, 0.15) is 5.01 Å². The van der Waals surface area contributed by atoms with Crippen LogP contribution in [0.3, 0.4) is 0 Å². The van der Waals surface area contributed by atoms with Crippen LogP contribution in [0.4, 0.5) is 0 Å². The number of fused-ring (bicyclic) bond motifs is 1. The number of rotatable bonds is 4. The molecule has 0 aliphatic carbocycles. The molecular weight excluding hydrogens is 310 g/mol. The first kappa shape index (κ1) is 13.9. The van der Waals surface area contributed by atoms with E-state index in [1.807, 2.05) is 24.3 Å². The summed E-state index contributed by atoms with van der Waals surface area (Å²) in [7, 11) is -3.67. The van der Waals surface area contributed by atoms with Crippen molar-refractivity contribution in [2.45, 2.75) is 11.4 Å². The highest BCUT2D eigenvalue weighted by Crippen LogP contribution is 2.21. The van der Waals surface area contributed by atoms with E-state index in [2.05, 4.69) is 14.7 Å². The lowest BCUT2D eigenvalue weighted by atomic mass is 10.3. The summed E-state index contributed by atoms with van der Waals surface area (Å²) < 4.78 is 27.6. The number of aromatic amines is 1. The summed E-state index contributed by atoms with van der Waals surface area (Å²) in [6.07, 6.45) is 1.17. The molecule has 1 aromatic carbocycles. The number of pyridine rings is 1. The quantitative estimate of drug-likeness (QED) is 0.761. The molecule has 0 aliphatic rings. The fourth-order valence-electron chi connectivity index (χ4n) is 1.80. The first-order chi connectivity index (χ1) is 10.0. The van der Waals surface area contributed by atoms with Crippen LogP contribution in [0.15, 0.2) is 52.3 Å². The van der Waals surface area contributed by atoms with E-state index in [0.717, 1.165) is 10.2 Å². The standard InChI is InChI=1S/C13H11N3O3S2/c17-12-6-5-9(7-14-12)21(18,19)15-8-13-16-10-3-1-2-4-11(10)20-13/h1-7,15H,8H2,(H,14,17). The van der Waals surface area contributed by atoms with Gasteiger partial charge in [-0.1, -0.05) is 12.1 Å². The maximum atomic E-state index is 12.1. The summed E-state index contributed by atoms with van der Waals surface area (Å²) in [6, 6.07) is 10.1. The highest BCUT2D eigenvalue weighted by atomic mass is 32.2. The molecule has 0 atom stereocenters. The lowest BCUT2D eigenvalue weighted by Gasteiger charge is -2.04. The van der Waals surface area contributed by atoms with Crippen molar-refractivity contribution in [2.75, 3.05) is 0 Å². The first-order valence-electron chi connectivity index (χ1n) is 6.07. The number of sulfonamides is 1. The molecule has 0 saturated heterocycles. The smallest absolute Gasteiger partial charge is 0.247 e. The highest BCUT2D eigenvalue weighted by Gasteiger charge is 2.14. The van der Waals surface area contributed by atoms with Gasteiger partial charge in [0.15, 0.2) is 0 Å². The van der Waals surface area contributed by atoms with Crippen molar-refractivity contribution < 1.29 is 8.42 Å². The molecule has 108 valence electrons. The van der Waals surface area contributed by atoms with Gasteiger partial charge in [0.2, 0.25) is 15.6 Å². The molecule has 3 aromatic rings. The van der Waals surface area contributed by atoms with Gasteiger partial charge in [-0.2, -0.15) is 0 Å². The predicted octanol–water partition coefficient (Wildman–Crippen LogP) is 1.46. The van der Waals surface area contributed by atoms with Crippen LogP contribution < -0.4 is 10.3 Å². The summed E-state index contributed by atoms with van der Waals surface area (Å²) in [5, 5.41) is 0.684. The molecule has 0 bridgehead atoms. The molecule has 0 aliphatic heterocycles. The second-order valence-corrected chi connectivity index (χ2v) is 7.17. The molecule has 0 radical (unpaired) electrons. The molecular formula is C13H11N3O3S2. The molecule has 2 heterocycles. The van der Waals surface area contributed by atoms with Crippen LogP contribution in [-0.4, -0.2) is 18.4 Å². The molecule has 0 spiro atoms. The minimum Gasteiger partial charge on any atom is -0.328 e. The maximum absolute atomic E-state index is 12.1. The second-order valence-electron chi connectivity index (χ2n) is 4.29. The minimum atomic E-state index is -3.67. The molecule has 21 heavy (non-hydrogen) atoms. The number of benzene rings is 1. The van der Waals surface area contributed by atoms with Crippen molar-refractivity contribution in [3.8, 4) is 0 Å². The van der Waals surface area contributed by atoms with Crippen LogP contribution in [-0.2, 0) is 16.6 Å². The van der Waals surface area contributed by atoms with Crippen molar-refractivity contribution in [2.24, 2.45) is 0 Å². The summed E-state index contributed by atoms with van der Waals surface area (Å²) in [4.78, 5) is 17.7. The molecule has 0 saturated carbocycles. The normalized spacial score (nSPS) is 11.8. The zero-order valence-electron chi connectivity index (χ0n) is 10.7. The van der Waals surface area contributed by atoms with Gasteiger partial charge in [-0.05, 0) is 18.2 Å². The van der Waals surface area contributed by atoms with Gasteiger partial charge in [-0.15, -0.1) is 11.3 Å². The fourth-order valence-corrected chi connectivity index (χ4v) is 3.75. The number of thiazole rings is 1. The average Bonchev–Trinajstić information content (AvgIpc) is 2.89. The summed E-state index contributed by atoms with van der Waals surface area (Å²) in [6.45, 7) is 0.112. The number of para-hydroxylation sites is 1. The lowest BCUT2D eigenvalue weighted by Crippen LogP contribution is -2.24. The molecule has 2 N–H and O–H groups in total. The molecule has 0 amide bonds. The van der Waals surface area contributed by atoms with Crippen molar-refractivity contribution in [3.63, 3.8) is 0 Å². The van der Waals surface area contributed by atoms with E-state index in [1.54, 1.807) is 0 Å². The van der Waals surface area contributed by atoms with Crippen LogP contribution in [0.2, 0.25) is 0 Å². The third-order valence-electron chi connectivity index (χ3n) is 2.82. The van der Waals surface area contributed by atoms with Gasteiger partial charge >= 0.3 is 0 Å². The van der Waals surface area contributed by atoms with Crippen LogP contribution >= 0.6 is 11.3 Å². The number of aromatic nitrogens is 2. The highest BCUT2D eigenvalue weighted by molar-refractivity contribution is 7.89. The summed E-state index contributed by atoms with van der Waals surface area (Å²) in [5.41, 5.74) is 0.501. The SMILES string of the molecule is O=c1ccc(S(=O)(=O)NCc2nc3ccccc3s2)c[nH]1. The summed E-state index contributed by atoms with van der Waals surface area (Å²) >= 11 is 1.44. The fraction of sp³-hybridized carbons (Fsp3) is 0.0769. The van der Waals surface area contributed by atoms with E-state index in [4.69, 9.17) is 0 Å². The second kappa shape index (κ2) is 5.40. The van der Waals surface area contributed by atoms with Gasteiger partial charge in [-0.3, -0.25) is 4.79 Å². The average molecular weight is 321 g/mol. The number of hydrogen-bond acceptors (Lipinski definition) is 5. The topological polar surface area (TPSA) is 91.9 Å². The monoisotopic (exact) mass is 321 g/mol. The van der Waals surface area contributed by atoms with Gasteiger partial charge in [0.05, 0.1) is 21.7 Å². The van der Waals surface area contributed by atoms with Gasteiger partial charge in [-0.25, -0.2) is 18.1 Å². The van der Waals surface area contributed by atoms with Gasteiger partial charge in [0.25, 0.3) is 0 Å². The molecule has 3 rings (SSSR count). The Hall–Kier alpha value is -2.03. The van der Waals surface area contributed by atoms with E-state index in [-0.39, 0.29) is 17.0 Å². The lowest BCUT2D eigenvalue weighted by molar-refractivity contribution is 0.580. The Morgan fingerprint density at radius 1 is 1.19 bits per heavy atom. The van der Waals surface area contributed by atoms with Gasteiger partial charge in [0.1, 0.15) is 5.01 Å². The van der Waals surface area contributed by atoms with Crippen molar-refractivity contribution in [1.82, 2.24) is 14.7 Å². The molecule has 6 nitrogen and oxygen atoms in total. The van der Waals surface area contributed by atoms with Crippen molar-refractivity contribution >= 4 is 31.6 Å². The molecule has 2 aromatic heterocycles. The van der Waals surface area contributed by atoms with E-state index < -0.39 is 10.0 Å². The van der Waals surface area contributed by atoms with E-state index in [9.17, 15) is 13.2 Å².